The molecule has 316 valence electrons. The van der Waals surface area contributed by atoms with Crippen LogP contribution in [-0.2, 0) is 0 Å². The predicted octanol–water partition coefficient (Wildman–Crippen LogP) is 16.0. The van der Waals surface area contributed by atoms with Gasteiger partial charge >= 0.3 is 0 Å². The number of allylic oxidation sites excluding steroid dienone is 4. The molecule has 0 radical (unpaired) electrons. The molecule has 0 aromatic heterocycles. The van der Waals surface area contributed by atoms with E-state index in [0.717, 1.165) is 105 Å². The van der Waals surface area contributed by atoms with Crippen molar-refractivity contribution in [3.05, 3.63) is 234 Å². The summed E-state index contributed by atoms with van der Waals surface area (Å²) < 4.78 is 0. The highest BCUT2D eigenvalue weighted by molar-refractivity contribution is 6.26. The zero-order chi connectivity index (χ0) is 46.1. The largest absolute Gasteiger partial charge is 0.314 e. The van der Waals surface area contributed by atoms with Gasteiger partial charge in [0, 0.05) is 39.7 Å². The van der Waals surface area contributed by atoms with Crippen LogP contribution in [0, 0.1) is 45.3 Å². The Bertz CT molecular complexity index is 3820. The first kappa shape index (κ1) is 41.0. The molecule has 6 nitrogen and oxygen atoms in total. The lowest BCUT2D eigenvalue weighted by Crippen LogP contribution is -2.18. The van der Waals surface area contributed by atoms with E-state index in [0.29, 0.717) is 29.5 Å². The molecule has 0 fully saturated rings. The van der Waals surface area contributed by atoms with Gasteiger partial charge in [0.25, 0.3) is 0 Å². The summed E-state index contributed by atoms with van der Waals surface area (Å²) in [5.41, 5.74) is 12.4. The molecule has 0 heterocycles. The highest BCUT2D eigenvalue weighted by atomic mass is 15.2. The number of nitriles is 4. The second-order valence-electron chi connectivity index (χ2n) is 16.9. The number of anilines is 5. The van der Waals surface area contributed by atoms with E-state index < -0.39 is 0 Å². The maximum Gasteiger partial charge on any atom is 0.0991 e. The van der Waals surface area contributed by atoms with Gasteiger partial charge in [-0.25, -0.2) is 0 Å². The summed E-state index contributed by atoms with van der Waals surface area (Å²) in [6.07, 6.45) is 5.27. The van der Waals surface area contributed by atoms with Gasteiger partial charge in [0.1, 0.15) is 0 Å². The molecule has 0 spiro atoms. The minimum atomic E-state index is 0.566. The van der Waals surface area contributed by atoms with E-state index in [4.69, 9.17) is 0 Å². The minimum absolute atomic E-state index is 0.566. The van der Waals surface area contributed by atoms with Crippen LogP contribution in [0.1, 0.15) is 29.5 Å². The van der Waals surface area contributed by atoms with Crippen molar-refractivity contribution in [2.24, 2.45) is 0 Å². The Labute approximate surface area is 394 Å². The minimum Gasteiger partial charge on any atom is -0.314 e. The molecule has 10 aromatic rings. The molecule has 68 heavy (non-hydrogen) atoms. The highest BCUT2D eigenvalue weighted by Crippen LogP contribution is 2.50. The van der Waals surface area contributed by atoms with Gasteiger partial charge in [0.2, 0.25) is 0 Å². The first-order valence-corrected chi connectivity index (χ1v) is 22.4. The second kappa shape index (κ2) is 17.3. The van der Waals surface area contributed by atoms with Gasteiger partial charge < -0.3 is 9.80 Å². The van der Waals surface area contributed by atoms with Gasteiger partial charge in [-0.05, 0) is 187 Å². The van der Waals surface area contributed by atoms with Crippen molar-refractivity contribution in [1.29, 1.82) is 21.0 Å². The van der Waals surface area contributed by atoms with E-state index in [-0.39, 0.29) is 0 Å². The Kier molecular flexibility index (Phi) is 10.5. The maximum absolute atomic E-state index is 9.80. The smallest absolute Gasteiger partial charge is 0.0991 e. The molecule has 1 aliphatic carbocycles. The molecule has 0 N–H and O–H groups in total. The molecule has 10 aromatic carbocycles. The standard InChI is InChI=1S/C62H38N6/c63-37-41-15-23-47(24-16-41)67(48-25-17-42(38-64)18-26-48)51-32-34-58-59(35-51)61(55-13-5-9-45-7-1-3-11-53(45)55)57-33-31-52(36-60(57)62(58)56-14-6-10-46-8-2-4-12-54(46)56)68(49-27-19-43(39-65)20-28-49)50-29-21-44(40-66)22-30-50/h1-21,23-29,31-36H,22,30H2. The summed E-state index contributed by atoms with van der Waals surface area (Å²) in [7, 11) is 0. The maximum atomic E-state index is 9.80. The van der Waals surface area contributed by atoms with Gasteiger partial charge in [0.05, 0.1) is 41.0 Å². The summed E-state index contributed by atoms with van der Waals surface area (Å²) in [5, 5.41) is 47.9. The number of nitrogens with zero attached hydrogens (tertiary/aromatic N) is 6. The van der Waals surface area contributed by atoms with E-state index >= 15 is 0 Å². The van der Waals surface area contributed by atoms with Crippen molar-refractivity contribution >= 4 is 71.5 Å². The predicted molar refractivity (Wildman–Crippen MR) is 276 cm³/mol. The van der Waals surface area contributed by atoms with Crippen molar-refractivity contribution in [3.63, 3.8) is 0 Å². The Morgan fingerprint density at radius 3 is 1.16 bits per heavy atom. The molecule has 0 amide bonds. The van der Waals surface area contributed by atoms with Crippen LogP contribution in [0.4, 0.5) is 28.4 Å². The molecule has 11 rings (SSSR count). The number of fused-ring (bicyclic) bond motifs is 4. The number of benzene rings is 10. The first-order valence-electron chi connectivity index (χ1n) is 22.4. The van der Waals surface area contributed by atoms with Crippen LogP contribution in [0.15, 0.2) is 218 Å². The third kappa shape index (κ3) is 7.23. The Morgan fingerprint density at radius 2 is 0.735 bits per heavy atom. The van der Waals surface area contributed by atoms with E-state index in [1.165, 1.54) is 0 Å². The fourth-order valence-electron chi connectivity index (χ4n) is 9.84. The fraction of sp³-hybridized carbons (Fsp3) is 0.0323. The van der Waals surface area contributed by atoms with Crippen LogP contribution in [-0.4, -0.2) is 0 Å². The normalized spacial score (nSPS) is 12.1. The van der Waals surface area contributed by atoms with Crippen LogP contribution < -0.4 is 9.80 Å². The lowest BCUT2D eigenvalue weighted by molar-refractivity contribution is 0.894. The molecule has 6 heteroatoms. The Balaban J connectivity index is 1.27. The van der Waals surface area contributed by atoms with Crippen LogP contribution in [0.2, 0.25) is 0 Å². The number of hydrogen-bond donors (Lipinski definition) is 0. The Hall–Kier alpha value is -9.72. The van der Waals surface area contributed by atoms with Crippen LogP contribution in [0.5, 0.6) is 0 Å². The van der Waals surface area contributed by atoms with Crippen molar-refractivity contribution in [2.75, 3.05) is 9.80 Å². The summed E-state index contributed by atoms with van der Waals surface area (Å²) in [6, 6.07) is 75.7. The van der Waals surface area contributed by atoms with Crippen LogP contribution in [0.25, 0.3) is 65.3 Å². The van der Waals surface area contributed by atoms with E-state index in [9.17, 15) is 21.0 Å². The summed E-state index contributed by atoms with van der Waals surface area (Å²) in [5.74, 6) is 0. The van der Waals surface area contributed by atoms with Gasteiger partial charge in [-0.2, -0.15) is 21.0 Å². The number of hydrogen-bond acceptors (Lipinski definition) is 6. The molecule has 0 unspecified atom stereocenters. The topological polar surface area (TPSA) is 102 Å². The van der Waals surface area contributed by atoms with Crippen molar-refractivity contribution in [3.8, 4) is 46.5 Å². The average Bonchev–Trinajstić information content (AvgIpc) is 3.41. The van der Waals surface area contributed by atoms with Gasteiger partial charge in [-0.3, -0.25) is 0 Å². The van der Waals surface area contributed by atoms with E-state index in [1.807, 2.05) is 84.9 Å². The van der Waals surface area contributed by atoms with E-state index in [1.54, 1.807) is 0 Å². The van der Waals surface area contributed by atoms with Crippen LogP contribution >= 0.6 is 0 Å². The molecule has 1 aliphatic rings. The molecule has 0 atom stereocenters. The Morgan fingerprint density at radius 1 is 0.324 bits per heavy atom. The lowest BCUT2D eigenvalue weighted by atomic mass is 9.83. The molecule has 0 bridgehead atoms. The summed E-state index contributed by atoms with van der Waals surface area (Å²) in [6.45, 7) is 0. The van der Waals surface area contributed by atoms with E-state index in [2.05, 4.69) is 155 Å². The fourth-order valence-corrected chi connectivity index (χ4v) is 9.84. The molecular formula is C62H38N6. The highest BCUT2D eigenvalue weighted by Gasteiger charge is 2.25. The molecule has 0 saturated heterocycles. The second-order valence-corrected chi connectivity index (χ2v) is 16.9. The molecule has 0 saturated carbocycles. The summed E-state index contributed by atoms with van der Waals surface area (Å²) in [4.78, 5) is 4.44. The quantitative estimate of drug-likeness (QED) is 0.141. The SMILES string of the molecule is N#CC1=CC=C(N(c2ccc(C#N)cc2)c2ccc3c(-c4cccc5ccccc45)c4cc(N(c5ccc(C#N)cc5)c5ccc(C#N)cc5)ccc4c(-c4cccc5ccccc45)c3c2)CC1. The van der Waals surface area contributed by atoms with Crippen molar-refractivity contribution in [2.45, 2.75) is 12.8 Å². The average molecular weight is 867 g/mol. The van der Waals surface area contributed by atoms with Crippen molar-refractivity contribution in [1.82, 2.24) is 0 Å². The zero-order valence-corrected chi connectivity index (χ0v) is 36.7. The third-order valence-electron chi connectivity index (χ3n) is 13.0. The van der Waals surface area contributed by atoms with Gasteiger partial charge in [0.15, 0.2) is 0 Å². The molecule has 0 aliphatic heterocycles. The van der Waals surface area contributed by atoms with Gasteiger partial charge in [-0.1, -0.05) is 97.1 Å². The first-order chi connectivity index (χ1) is 33.5. The monoisotopic (exact) mass is 866 g/mol. The molecular weight excluding hydrogens is 829 g/mol. The zero-order valence-electron chi connectivity index (χ0n) is 36.7. The lowest BCUT2D eigenvalue weighted by Gasteiger charge is -2.30. The third-order valence-corrected chi connectivity index (χ3v) is 13.0. The van der Waals surface area contributed by atoms with Crippen molar-refractivity contribution < 1.29 is 0 Å². The van der Waals surface area contributed by atoms with Crippen LogP contribution in [0.3, 0.4) is 0 Å². The number of rotatable bonds is 8. The van der Waals surface area contributed by atoms with Gasteiger partial charge in [-0.15, -0.1) is 0 Å². The summed E-state index contributed by atoms with van der Waals surface area (Å²) >= 11 is 0.